The van der Waals surface area contributed by atoms with Gasteiger partial charge < -0.3 is 10.4 Å². The van der Waals surface area contributed by atoms with Gasteiger partial charge in [-0.2, -0.15) is 0 Å². The number of amides is 1. The Hall–Kier alpha value is -1.88. The number of hydrogen-bond donors (Lipinski definition) is 2. The van der Waals surface area contributed by atoms with E-state index in [0.717, 1.165) is 0 Å². The third-order valence-electron chi connectivity index (χ3n) is 2.02. The fourth-order valence-corrected chi connectivity index (χ4v) is 1.59. The molecular weight excluding hydrogens is 298 g/mol. The molecule has 18 heavy (non-hydrogen) atoms. The summed E-state index contributed by atoms with van der Waals surface area (Å²) in [5.41, 5.74) is 0.304. The first-order valence-electron chi connectivity index (χ1n) is 5.17. The third kappa shape index (κ3) is 4.18. The van der Waals surface area contributed by atoms with Crippen molar-refractivity contribution in [1.29, 1.82) is 0 Å². The van der Waals surface area contributed by atoms with Gasteiger partial charge in [-0.25, -0.2) is 4.79 Å². The molecule has 0 spiro atoms. The topological polar surface area (TPSA) is 66.4 Å². The van der Waals surface area contributed by atoms with Crippen LogP contribution < -0.4 is 5.32 Å². The number of halogens is 1. The molecular formula is C13H12BrNO3. The van der Waals surface area contributed by atoms with Gasteiger partial charge in [0.15, 0.2) is 0 Å². The monoisotopic (exact) mass is 309 g/mol. The average molecular weight is 310 g/mol. The van der Waals surface area contributed by atoms with E-state index >= 15 is 0 Å². The number of carbonyl (C=O) groups excluding carboxylic acids is 1. The highest BCUT2D eigenvalue weighted by Crippen LogP contribution is 2.21. The van der Waals surface area contributed by atoms with E-state index in [9.17, 15) is 9.59 Å². The van der Waals surface area contributed by atoms with Crippen LogP contribution in [-0.4, -0.2) is 17.0 Å². The van der Waals surface area contributed by atoms with Crippen LogP contribution in [0.4, 0.5) is 5.69 Å². The summed E-state index contributed by atoms with van der Waals surface area (Å²) in [5.74, 6) is -1.47. The first-order chi connectivity index (χ1) is 8.54. The summed E-state index contributed by atoms with van der Waals surface area (Å²) in [6.45, 7) is 1.83. The van der Waals surface area contributed by atoms with Gasteiger partial charge in [0.2, 0.25) is 5.91 Å². The van der Waals surface area contributed by atoms with Crippen LogP contribution in [0.3, 0.4) is 0 Å². The summed E-state index contributed by atoms with van der Waals surface area (Å²) in [5, 5.41) is 11.5. The number of benzene rings is 1. The highest BCUT2D eigenvalue weighted by Gasteiger charge is 2.11. The van der Waals surface area contributed by atoms with Gasteiger partial charge in [0.05, 0.1) is 11.3 Å². The molecule has 0 heterocycles. The van der Waals surface area contributed by atoms with E-state index in [4.69, 9.17) is 5.11 Å². The van der Waals surface area contributed by atoms with E-state index in [0.29, 0.717) is 4.47 Å². The van der Waals surface area contributed by atoms with Crippen LogP contribution in [-0.2, 0) is 4.79 Å². The van der Waals surface area contributed by atoms with Crippen molar-refractivity contribution in [3.05, 3.63) is 52.5 Å². The number of allylic oxidation sites excluding steroid dienone is 3. The number of hydrogen-bond acceptors (Lipinski definition) is 2. The quantitative estimate of drug-likeness (QED) is 0.663. The number of aromatic carboxylic acids is 1. The fraction of sp³-hybridized carbons (Fsp3) is 0.0769. The van der Waals surface area contributed by atoms with Crippen LogP contribution in [0.15, 0.2) is 47.0 Å². The summed E-state index contributed by atoms with van der Waals surface area (Å²) in [7, 11) is 0. The van der Waals surface area contributed by atoms with Gasteiger partial charge in [0.1, 0.15) is 0 Å². The number of carbonyl (C=O) groups is 2. The first-order valence-corrected chi connectivity index (χ1v) is 5.97. The Morgan fingerprint density at radius 3 is 2.67 bits per heavy atom. The maximum absolute atomic E-state index is 11.5. The zero-order valence-corrected chi connectivity index (χ0v) is 11.3. The molecule has 0 aliphatic carbocycles. The van der Waals surface area contributed by atoms with Gasteiger partial charge >= 0.3 is 5.97 Å². The van der Waals surface area contributed by atoms with Gasteiger partial charge in [-0.05, 0) is 25.1 Å². The minimum Gasteiger partial charge on any atom is -0.478 e. The van der Waals surface area contributed by atoms with Crippen molar-refractivity contribution in [2.24, 2.45) is 0 Å². The molecule has 1 aromatic carbocycles. The Labute approximate surface area is 113 Å². The van der Waals surface area contributed by atoms with Crippen molar-refractivity contribution in [2.75, 3.05) is 5.32 Å². The largest absolute Gasteiger partial charge is 0.478 e. The van der Waals surface area contributed by atoms with E-state index in [1.54, 1.807) is 24.3 Å². The highest BCUT2D eigenvalue weighted by molar-refractivity contribution is 9.10. The maximum Gasteiger partial charge on any atom is 0.337 e. The zero-order chi connectivity index (χ0) is 13.5. The molecule has 5 heteroatoms. The van der Waals surface area contributed by atoms with Gasteiger partial charge in [0, 0.05) is 10.5 Å². The highest BCUT2D eigenvalue weighted by atomic mass is 79.9. The summed E-state index contributed by atoms with van der Waals surface area (Å²) < 4.78 is 0.641. The zero-order valence-electron chi connectivity index (χ0n) is 9.68. The Morgan fingerprint density at radius 1 is 1.33 bits per heavy atom. The van der Waals surface area contributed by atoms with Crippen LogP contribution in [0, 0.1) is 0 Å². The van der Waals surface area contributed by atoms with Crippen LogP contribution in [0.1, 0.15) is 17.3 Å². The standard InChI is InChI=1S/C13H12BrNO3/c1-2-3-4-5-12(16)15-11-7-6-9(14)8-10(11)13(17)18/h2-8H,1H3,(H,15,16)(H,17,18). The van der Waals surface area contributed by atoms with E-state index in [-0.39, 0.29) is 17.2 Å². The summed E-state index contributed by atoms with van der Waals surface area (Å²) in [6, 6.07) is 4.64. The Bertz CT molecular complexity index is 521. The first kappa shape index (κ1) is 14.2. The molecule has 0 saturated heterocycles. The Balaban J connectivity index is 2.90. The van der Waals surface area contributed by atoms with Crippen LogP contribution >= 0.6 is 15.9 Å². The predicted octanol–water partition coefficient (Wildman–Crippen LogP) is 3.22. The SMILES string of the molecule is CC=CC=CC(=O)Nc1ccc(Br)cc1C(=O)O. The Kier molecular flexibility index (Phi) is 5.32. The van der Waals surface area contributed by atoms with E-state index in [2.05, 4.69) is 21.2 Å². The van der Waals surface area contributed by atoms with Crippen LogP contribution in [0.25, 0.3) is 0 Å². The lowest BCUT2D eigenvalue weighted by molar-refractivity contribution is -0.111. The molecule has 0 unspecified atom stereocenters. The lowest BCUT2D eigenvalue weighted by Crippen LogP contribution is -2.11. The molecule has 1 rings (SSSR count). The summed E-state index contributed by atoms with van der Waals surface area (Å²) in [4.78, 5) is 22.5. The molecule has 0 fully saturated rings. The number of rotatable bonds is 4. The number of carboxylic acids is 1. The second-order valence-electron chi connectivity index (χ2n) is 3.37. The van der Waals surface area contributed by atoms with Crippen LogP contribution in [0.2, 0.25) is 0 Å². The van der Waals surface area contributed by atoms with Gasteiger partial charge in [-0.1, -0.05) is 34.2 Å². The van der Waals surface area contributed by atoms with E-state index in [1.165, 1.54) is 18.2 Å². The average Bonchev–Trinajstić information content (AvgIpc) is 2.31. The molecule has 0 aromatic heterocycles. The smallest absolute Gasteiger partial charge is 0.337 e. The third-order valence-corrected chi connectivity index (χ3v) is 2.51. The summed E-state index contributed by atoms with van der Waals surface area (Å²) >= 11 is 3.18. The lowest BCUT2D eigenvalue weighted by Gasteiger charge is -2.06. The van der Waals surface area contributed by atoms with Gasteiger partial charge in [-0.15, -0.1) is 0 Å². The Morgan fingerprint density at radius 2 is 2.06 bits per heavy atom. The van der Waals surface area contributed by atoms with Crippen LogP contribution in [0.5, 0.6) is 0 Å². The minimum absolute atomic E-state index is 0.0390. The summed E-state index contributed by atoms with van der Waals surface area (Å²) in [6.07, 6.45) is 6.40. The van der Waals surface area contributed by atoms with Crippen molar-refractivity contribution in [1.82, 2.24) is 0 Å². The molecule has 0 radical (unpaired) electrons. The van der Waals surface area contributed by atoms with Crippen molar-refractivity contribution >= 4 is 33.5 Å². The number of nitrogens with one attached hydrogen (secondary N) is 1. The molecule has 2 N–H and O–H groups in total. The second-order valence-corrected chi connectivity index (χ2v) is 4.28. The lowest BCUT2D eigenvalue weighted by atomic mass is 10.2. The molecule has 0 aliphatic rings. The number of anilines is 1. The second kappa shape index (κ2) is 6.76. The molecule has 0 atom stereocenters. The van der Waals surface area contributed by atoms with Gasteiger partial charge in [0.25, 0.3) is 0 Å². The number of carboxylic acid groups (broad SMARTS) is 1. The van der Waals surface area contributed by atoms with Crippen molar-refractivity contribution in [3.8, 4) is 0 Å². The van der Waals surface area contributed by atoms with E-state index < -0.39 is 5.97 Å². The fourth-order valence-electron chi connectivity index (χ4n) is 1.23. The molecule has 0 aliphatic heterocycles. The molecule has 0 saturated carbocycles. The predicted molar refractivity (Wildman–Crippen MR) is 73.7 cm³/mol. The van der Waals surface area contributed by atoms with Gasteiger partial charge in [-0.3, -0.25) is 4.79 Å². The van der Waals surface area contributed by atoms with Crippen molar-refractivity contribution in [3.63, 3.8) is 0 Å². The molecule has 4 nitrogen and oxygen atoms in total. The normalized spacial score (nSPS) is 11.0. The molecule has 1 aromatic rings. The maximum atomic E-state index is 11.5. The minimum atomic E-state index is -1.09. The van der Waals surface area contributed by atoms with Crippen molar-refractivity contribution in [2.45, 2.75) is 6.92 Å². The molecule has 1 amide bonds. The van der Waals surface area contributed by atoms with Crippen molar-refractivity contribution < 1.29 is 14.7 Å². The van der Waals surface area contributed by atoms with E-state index in [1.807, 2.05) is 6.92 Å². The molecule has 94 valence electrons. The molecule has 0 bridgehead atoms.